The lowest BCUT2D eigenvalue weighted by atomic mass is 10.1. The Morgan fingerprint density at radius 2 is 2.31 bits per heavy atom. The van der Waals surface area contributed by atoms with Gasteiger partial charge in [-0.25, -0.2) is 0 Å². The van der Waals surface area contributed by atoms with Gasteiger partial charge in [0.1, 0.15) is 6.04 Å². The highest BCUT2D eigenvalue weighted by Gasteiger charge is 2.16. The molecule has 2 nitrogen and oxygen atoms in total. The summed E-state index contributed by atoms with van der Waals surface area (Å²) in [5, 5.41) is 8.32. The summed E-state index contributed by atoms with van der Waals surface area (Å²) in [5.74, 6) is 0. The SMILES string of the molecule is Brc1cc(C2CCCN=N2)sc1Br. The van der Waals surface area contributed by atoms with E-state index < -0.39 is 0 Å². The molecule has 0 radical (unpaired) electrons. The number of thiophene rings is 1. The van der Waals surface area contributed by atoms with Gasteiger partial charge in [0, 0.05) is 9.35 Å². The van der Waals surface area contributed by atoms with Gasteiger partial charge < -0.3 is 0 Å². The Morgan fingerprint density at radius 3 is 2.85 bits per heavy atom. The van der Waals surface area contributed by atoms with Crippen LogP contribution in [0, 0.1) is 0 Å². The third-order valence-electron chi connectivity index (χ3n) is 1.95. The standard InChI is InChI=1S/C8H8Br2N2S/c9-5-4-7(13-8(5)10)6-2-1-3-11-12-6/h4,6H,1-3H2. The maximum atomic E-state index is 4.25. The molecule has 2 heterocycles. The zero-order valence-corrected chi connectivity index (χ0v) is 10.8. The number of hydrogen-bond acceptors (Lipinski definition) is 3. The number of hydrogen-bond donors (Lipinski definition) is 0. The Morgan fingerprint density at radius 1 is 1.46 bits per heavy atom. The molecule has 1 atom stereocenters. The molecule has 0 saturated carbocycles. The number of rotatable bonds is 1. The summed E-state index contributed by atoms with van der Waals surface area (Å²) >= 11 is 8.69. The second-order valence-corrected chi connectivity index (χ2v) is 6.16. The second kappa shape index (κ2) is 4.19. The average Bonchev–Trinajstić information content (AvgIpc) is 2.49. The van der Waals surface area contributed by atoms with Crippen molar-refractivity contribution < 1.29 is 0 Å². The maximum Gasteiger partial charge on any atom is 0.105 e. The highest BCUT2D eigenvalue weighted by atomic mass is 79.9. The fourth-order valence-corrected chi connectivity index (χ4v) is 3.45. The molecular formula is C8H8Br2N2S. The topological polar surface area (TPSA) is 24.7 Å². The largest absolute Gasteiger partial charge is 0.194 e. The van der Waals surface area contributed by atoms with Gasteiger partial charge >= 0.3 is 0 Å². The summed E-state index contributed by atoms with van der Waals surface area (Å²) < 4.78 is 2.26. The van der Waals surface area contributed by atoms with Crippen LogP contribution in [0.5, 0.6) is 0 Å². The number of nitrogens with zero attached hydrogens (tertiary/aromatic N) is 2. The molecule has 0 fully saturated rings. The van der Waals surface area contributed by atoms with Gasteiger partial charge in [0.2, 0.25) is 0 Å². The van der Waals surface area contributed by atoms with Crippen molar-refractivity contribution in [2.75, 3.05) is 6.54 Å². The summed E-state index contributed by atoms with van der Waals surface area (Å²) in [5.41, 5.74) is 0. The molecule has 1 aliphatic heterocycles. The van der Waals surface area contributed by atoms with E-state index >= 15 is 0 Å². The van der Waals surface area contributed by atoms with E-state index in [1.165, 1.54) is 4.88 Å². The van der Waals surface area contributed by atoms with Crippen molar-refractivity contribution in [2.45, 2.75) is 18.9 Å². The Hall–Kier alpha value is 0.260. The van der Waals surface area contributed by atoms with Crippen molar-refractivity contribution in [1.29, 1.82) is 0 Å². The van der Waals surface area contributed by atoms with Gasteiger partial charge in [0.15, 0.2) is 0 Å². The van der Waals surface area contributed by atoms with Gasteiger partial charge in [-0.1, -0.05) is 0 Å². The maximum absolute atomic E-state index is 4.25. The van der Waals surface area contributed by atoms with Crippen LogP contribution in [0.2, 0.25) is 0 Å². The quantitative estimate of drug-likeness (QED) is 0.723. The molecule has 0 saturated heterocycles. The summed E-state index contributed by atoms with van der Waals surface area (Å²) in [6.07, 6.45) is 2.28. The van der Waals surface area contributed by atoms with E-state index in [9.17, 15) is 0 Å². The van der Waals surface area contributed by atoms with Gasteiger partial charge in [0.25, 0.3) is 0 Å². The minimum atomic E-state index is 0.293. The van der Waals surface area contributed by atoms with E-state index in [0.29, 0.717) is 6.04 Å². The second-order valence-electron chi connectivity index (χ2n) is 2.91. The molecule has 70 valence electrons. The van der Waals surface area contributed by atoms with Crippen LogP contribution in [-0.2, 0) is 0 Å². The first-order valence-electron chi connectivity index (χ1n) is 4.08. The van der Waals surface area contributed by atoms with Crippen LogP contribution in [0.1, 0.15) is 23.8 Å². The Labute approximate surface area is 97.7 Å². The van der Waals surface area contributed by atoms with Crippen LogP contribution < -0.4 is 0 Å². The predicted octanol–water partition coefficient (Wildman–Crippen LogP) is 4.56. The monoisotopic (exact) mass is 322 g/mol. The lowest BCUT2D eigenvalue weighted by Crippen LogP contribution is -1.98. The first kappa shape index (κ1) is 9.80. The third-order valence-corrected chi connectivity index (χ3v) is 5.31. The molecule has 0 aliphatic carbocycles. The number of halogens is 2. The van der Waals surface area contributed by atoms with E-state index in [2.05, 4.69) is 48.2 Å². The smallest absolute Gasteiger partial charge is 0.105 e. The highest BCUT2D eigenvalue weighted by molar-refractivity contribution is 9.13. The lowest BCUT2D eigenvalue weighted by Gasteiger charge is -2.11. The molecule has 0 spiro atoms. The van der Waals surface area contributed by atoms with Gasteiger partial charge in [-0.2, -0.15) is 10.2 Å². The van der Waals surface area contributed by atoms with Crippen molar-refractivity contribution in [1.82, 2.24) is 0 Å². The summed E-state index contributed by atoms with van der Waals surface area (Å²) in [4.78, 5) is 1.29. The van der Waals surface area contributed by atoms with Gasteiger partial charge in [-0.3, -0.25) is 0 Å². The molecule has 5 heteroatoms. The molecule has 1 aromatic heterocycles. The molecule has 0 amide bonds. The average molecular weight is 324 g/mol. The highest BCUT2D eigenvalue weighted by Crippen LogP contribution is 2.39. The predicted molar refractivity (Wildman–Crippen MR) is 61.4 cm³/mol. The van der Waals surface area contributed by atoms with Crippen LogP contribution in [-0.4, -0.2) is 6.54 Å². The van der Waals surface area contributed by atoms with Crippen molar-refractivity contribution in [3.63, 3.8) is 0 Å². The fourth-order valence-electron chi connectivity index (χ4n) is 1.30. The Kier molecular flexibility index (Phi) is 3.16. The van der Waals surface area contributed by atoms with Crippen molar-refractivity contribution >= 4 is 43.2 Å². The molecular weight excluding hydrogens is 316 g/mol. The van der Waals surface area contributed by atoms with Crippen LogP contribution in [0.25, 0.3) is 0 Å². The van der Waals surface area contributed by atoms with Crippen LogP contribution in [0.3, 0.4) is 0 Å². The zero-order chi connectivity index (χ0) is 9.26. The van der Waals surface area contributed by atoms with Gasteiger partial charge in [0.05, 0.1) is 10.3 Å². The first-order chi connectivity index (χ1) is 6.27. The molecule has 13 heavy (non-hydrogen) atoms. The molecule has 0 N–H and O–H groups in total. The van der Waals surface area contributed by atoms with Gasteiger partial charge in [-0.05, 0) is 50.8 Å². The minimum absolute atomic E-state index is 0.293. The van der Waals surface area contributed by atoms with Crippen LogP contribution in [0.15, 0.2) is 24.6 Å². The van der Waals surface area contributed by atoms with Crippen LogP contribution in [0.4, 0.5) is 0 Å². The van der Waals surface area contributed by atoms with Crippen molar-refractivity contribution in [3.8, 4) is 0 Å². The van der Waals surface area contributed by atoms with Crippen molar-refractivity contribution in [3.05, 3.63) is 19.2 Å². The first-order valence-corrected chi connectivity index (χ1v) is 6.49. The zero-order valence-electron chi connectivity index (χ0n) is 6.83. The molecule has 1 aromatic rings. The van der Waals surface area contributed by atoms with E-state index in [1.807, 2.05) is 0 Å². The molecule has 2 rings (SSSR count). The molecule has 0 aromatic carbocycles. The van der Waals surface area contributed by atoms with E-state index in [4.69, 9.17) is 0 Å². The lowest BCUT2D eigenvalue weighted by molar-refractivity contribution is 0.536. The Bertz CT molecular complexity index is 315. The molecule has 0 bridgehead atoms. The van der Waals surface area contributed by atoms with E-state index in [0.717, 1.165) is 27.6 Å². The minimum Gasteiger partial charge on any atom is -0.194 e. The van der Waals surface area contributed by atoms with E-state index in [-0.39, 0.29) is 0 Å². The fraction of sp³-hybridized carbons (Fsp3) is 0.500. The number of azo groups is 1. The molecule has 1 aliphatic rings. The molecule has 1 unspecified atom stereocenters. The summed E-state index contributed by atoms with van der Waals surface area (Å²) in [6.45, 7) is 0.893. The van der Waals surface area contributed by atoms with Gasteiger partial charge in [-0.15, -0.1) is 11.3 Å². The Balaban J connectivity index is 2.24. The van der Waals surface area contributed by atoms with E-state index in [1.54, 1.807) is 11.3 Å². The van der Waals surface area contributed by atoms with Crippen molar-refractivity contribution in [2.24, 2.45) is 10.2 Å². The third kappa shape index (κ3) is 2.19. The summed E-state index contributed by atoms with van der Waals surface area (Å²) in [6, 6.07) is 2.42. The normalized spacial score (nSPS) is 22.2. The van der Waals surface area contributed by atoms with Crippen LogP contribution >= 0.6 is 43.2 Å². The summed E-state index contributed by atoms with van der Waals surface area (Å²) in [7, 11) is 0.